The van der Waals surface area contributed by atoms with Crippen molar-refractivity contribution in [1.82, 2.24) is 9.97 Å². The first kappa shape index (κ1) is 11.5. The monoisotopic (exact) mass is 259 g/mol. The fourth-order valence-electron chi connectivity index (χ4n) is 1.87. The Kier molecular flexibility index (Phi) is 3.15. The minimum absolute atomic E-state index is 0.657. The van der Waals surface area contributed by atoms with E-state index >= 15 is 0 Å². The van der Waals surface area contributed by atoms with E-state index in [1.54, 1.807) is 6.33 Å². The van der Waals surface area contributed by atoms with Crippen LogP contribution in [0.1, 0.15) is 30.0 Å². The number of nitrogens with zero attached hydrogens (tertiary/aromatic N) is 2. The average Bonchev–Trinajstić information content (AvgIpc) is 3.23. The Balaban J connectivity index is 1.65. The second-order valence-electron chi connectivity index (χ2n) is 4.58. The lowest BCUT2D eigenvalue weighted by atomic mass is 10.2. The molecule has 2 aromatic rings. The van der Waals surface area contributed by atoms with E-state index in [9.17, 15) is 0 Å². The van der Waals surface area contributed by atoms with Gasteiger partial charge in [-0.25, -0.2) is 9.97 Å². The summed E-state index contributed by atoms with van der Waals surface area (Å²) in [6.07, 6.45) is 4.15. The van der Waals surface area contributed by atoms with Gasteiger partial charge in [0.25, 0.3) is 0 Å². The summed E-state index contributed by atoms with van der Waals surface area (Å²) in [6.45, 7) is 0.748. The standard InChI is InChI=1S/C14H14ClN3/c15-12-5-1-10(2-6-12)8-16-14-7-13(11-3-4-11)17-9-18-14/h1-2,5-7,9,11H,3-4,8H2,(H,16,17,18). The number of hydrogen-bond acceptors (Lipinski definition) is 3. The van der Waals surface area contributed by atoms with Crippen LogP contribution in [0.5, 0.6) is 0 Å². The highest BCUT2D eigenvalue weighted by atomic mass is 35.5. The average molecular weight is 260 g/mol. The van der Waals surface area contributed by atoms with E-state index in [2.05, 4.69) is 15.3 Å². The minimum Gasteiger partial charge on any atom is -0.366 e. The Morgan fingerprint density at radius 2 is 1.94 bits per heavy atom. The molecule has 0 atom stereocenters. The SMILES string of the molecule is Clc1ccc(CNc2cc(C3CC3)ncn2)cc1. The molecule has 0 aliphatic heterocycles. The molecular formula is C14H14ClN3. The highest BCUT2D eigenvalue weighted by Crippen LogP contribution is 2.39. The number of halogens is 1. The first-order valence-electron chi connectivity index (χ1n) is 6.11. The summed E-state index contributed by atoms with van der Waals surface area (Å²) in [5, 5.41) is 4.07. The molecule has 1 aromatic heterocycles. The molecule has 1 aliphatic rings. The minimum atomic E-state index is 0.657. The van der Waals surface area contributed by atoms with Crippen molar-refractivity contribution in [2.75, 3.05) is 5.32 Å². The van der Waals surface area contributed by atoms with Crippen LogP contribution in [-0.4, -0.2) is 9.97 Å². The molecule has 1 saturated carbocycles. The Bertz CT molecular complexity index is 535. The molecule has 0 saturated heterocycles. The van der Waals surface area contributed by atoms with E-state index in [-0.39, 0.29) is 0 Å². The molecule has 18 heavy (non-hydrogen) atoms. The van der Waals surface area contributed by atoms with Crippen molar-refractivity contribution in [1.29, 1.82) is 0 Å². The van der Waals surface area contributed by atoms with Gasteiger partial charge < -0.3 is 5.32 Å². The summed E-state index contributed by atoms with van der Waals surface area (Å²) >= 11 is 5.85. The molecule has 1 aromatic carbocycles. The predicted molar refractivity (Wildman–Crippen MR) is 72.8 cm³/mol. The van der Waals surface area contributed by atoms with E-state index < -0.39 is 0 Å². The van der Waals surface area contributed by atoms with Gasteiger partial charge in [0.15, 0.2) is 0 Å². The molecular weight excluding hydrogens is 246 g/mol. The Morgan fingerprint density at radius 3 is 2.67 bits per heavy atom. The van der Waals surface area contributed by atoms with E-state index in [0.717, 1.165) is 23.1 Å². The molecule has 0 unspecified atom stereocenters. The van der Waals surface area contributed by atoms with E-state index in [1.165, 1.54) is 18.4 Å². The lowest BCUT2D eigenvalue weighted by molar-refractivity contribution is 0.977. The molecule has 1 N–H and O–H groups in total. The molecule has 4 heteroatoms. The molecule has 3 nitrogen and oxygen atoms in total. The van der Waals surface area contributed by atoms with Gasteiger partial charge in [0.1, 0.15) is 12.1 Å². The van der Waals surface area contributed by atoms with Crippen molar-refractivity contribution in [2.24, 2.45) is 0 Å². The molecule has 1 aliphatic carbocycles. The Morgan fingerprint density at radius 1 is 1.17 bits per heavy atom. The van der Waals surface area contributed by atoms with Crippen molar-refractivity contribution in [2.45, 2.75) is 25.3 Å². The molecule has 0 spiro atoms. The van der Waals surface area contributed by atoms with Crippen LogP contribution in [0, 0.1) is 0 Å². The fraction of sp³-hybridized carbons (Fsp3) is 0.286. The van der Waals surface area contributed by atoms with Crippen LogP contribution >= 0.6 is 11.6 Å². The summed E-state index contributed by atoms with van der Waals surface area (Å²) in [5.41, 5.74) is 2.34. The van der Waals surface area contributed by atoms with E-state index in [4.69, 9.17) is 11.6 Å². The zero-order valence-electron chi connectivity index (χ0n) is 9.94. The number of rotatable bonds is 4. The van der Waals surface area contributed by atoms with Gasteiger partial charge in [0.2, 0.25) is 0 Å². The molecule has 1 fully saturated rings. The lowest BCUT2D eigenvalue weighted by Crippen LogP contribution is -2.02. The second-order valence-corrected chi connectivity index (χ2v) is 5.02. The van der Waals surface area contributed by atoms with Crippen molar-refractivity contribution in [3.8, 4) is 0 Å². The summed E-state index contributed by atoms with van der Waals surface area (Å²) in [6, 6.07) is 9.87. The number of nitrogens with one attached hydrogen (secondary N) is 1. The normalized spacial score (nSPS) is 14.5. The summed E-state index contributed by atoms with van der Waals surface area (Å²) in [5.74, 6) is 1.55. The lowest BCUT2D eigenvalue weighted by Gasteiger charge is -2.06. The van der Waals surface area contributed by atoms with Gasteiger partial charge in [-0.15, -0.1) is 0 Å². The van der Waals surface area contributed by atoms with Crippen LogP contribution in [0.3, 0.4) is 0 Å². The third-order valence-electron chi connectivity index (χ3n) is 3.07. The largest absolute Gasteiger partial charge is 0.366 e. The molecule has 0 amide bonds. The molecule has 3 rings (SSSR count). The van der Waals surface area contributed by atoms with Crippen LogP contribution in [0.25, 0.3) is 0 Å². The second kappa shape index (κ2) is 4.94. The maximum Gasteiger partial charge on any atom is 0.129 e. The first-order chi connectivity index (χ1) is 8.81. The smallest absolute Gasteiger partial charge is 0.129 e. The van der Waals surface area contributed by atoms with Crippen LogP contribution in [0.4, 0.5) is 5.82 Å². The van der Waals surface area contributed by atoms with Gasteiger partial charge in [-0.05, 0) is 30.5 Å². The third-order valence-corrected chi connectivity index (χ3v) is 3.32. The molecule has 92 valence electrons. The molecule has 0 radical (unpaired) electrons. The Labute approximate surface area is 111 Å². The van der Waals surface area contributed by atoms with Gasteiger partial charge in [0.05, 0.1) is 0 Å². The molecule has 0 bridgehead atoms. The highest BCUT2D eigenvalue weighted by Gasteiger charge is 2.25. The summed E-state index contributed by atoms with van der Waals surface area (Å²) in [4.78, 5) is 8.53. The van der Waals surface area contributed by atoms with Crippen LogP contribution in [0.15, 0.2) is 36.7 Å². The maximum absolute atomic E-state index is 5.85. The van der Waals surface area contributed by atoms with Gasteiger partial charge in [0, 0.05) is 29.2 Å². The first-order valence-corrected chi connectivity index (χ1v) is 6.49. The summed E-state index contributed by atoms with van der Waals surface area (Å²) in [7, 11) is 0. The van der Waals surface area contributed by atoms with Crippen molar-refractivity contribution in [3.63, 3.8) is 0 Å². The number of aromatic nitrogens is 2. The van der Waals surface area contributed by atoms with Crippen LogP contribution in [0.2, 0.25) is 5.02 Å². The zero-order valence-corrected chi connectivity index (χ0v) is 10.7. The topological polar surface area (TPSA) is 37.8 Å². The van der Waals surface area contributed by atoms with E-state index in [0.29, 0.717) is 5.92 Å². The number of anilines is 1. The zero-order chi connectivity index (χ0) is 12.4. The third kappa shape index (κ3) is 2.79. The Hall–Kier alpha value is -1.61. The van der Waals surface area contributed by atoms with Crippen LogP contribution < -0.4 is 5.32 Å². The predicted octanol–water partition coefficient (Wildman–Crippen LogP) is 3.62. The van der Waals surface area contributed by atoms with Crippen molar-refractivity contribution in [3.05, 3.63) is 52.9 Å². The molecule has 1 heterocycles. The number of hydrogen-bond donors (Lipinski definition) is 1. The van der Waals surface area contributed by atoms with Crippen molar-refractivity contribution >= 4 is 17.4 Å². The maximum atomic E-state index is 5.85. The van der Waals surface area contributed by atoms with Crippen molar-refractivity contribution < 1.29 is 0 Å². The fourth-order valence-corrected chi connectivity index (χ4v) is 1.99. The van der Waals surface area contributed by atoms with Gasteiger partial charge in [-0.2, -0.15) is 0 Å². The van der Waals surface area contributed by atoms with Gasteiger partial charge in [-0.3, -0.25) is 0 Å². The van der Waals surface area contributed by atoms with Crippen LogP contribution in [-0.2, 0) is 6.54 Å². The quantitative estimate of drug-likeness (QED) is 0.911. The van der Waals surface area contributed by atoms with Gasteiger partial charge in [-0.1, -0.05) is 23.7 Å². The van der Waals surface area contributed by atoms with Gasteiger partial charge >= 0.3 is 0 Å². The number of benzene rings is 1. The highest BCUT2D eigenvalue weighted by molar-refractivity contribution is 6.30. The summed E-state index contributed by atoms with van der Waals surface area (Å²) < 4.78 is 0. The van der Waals surface area contributed by atoms with E-state index in [1.807, 2.05) is 30.3 Å².